The molecule has 2 fully saturated rings. The van der Waals surface area contributed by atoms with Crippen molar-refractivity contribution in [3.63, 3.8) is 0 Å². The topological polar surface area (TPSA) is 67.5 Å². The smallest absolute Gasteiger partial charge is 0.222 e. The van der Waals surface area contributed by atoms with Gasteiger partial charge in [-0.1, -0.05) is 12.8 Å². The number of methoxy groups -OCH3 is 1. The molecule has 0 atom stereocenters. The maximum atomic E-state index is 5.97. The first-order valence-corrected chi connectivity index (χ1v) is 7.84. The zero-order valence-corrected chi connectivity index (χ0v) is 13.0. The quantitative estimate of drug-likeness (QED) is 0.910. The van der Waals surface area contributed by atoms with Crippen molar-refractivity contribution in [2.24, 2.45) is 0 Å². The predicted molar refractivity (Wildman–Crippen MR) is 83.9 cm³/mol. The summed E-state index contributed by atoms with van der Waals surface area (Å²) in [5.74, 6) is 2.55. The minimum atomic E-state index is 0.367. The van der Waals surface area contributed by atoms with Crippen molar-refractivity contribution < 1.29 is 4.74 Å². The molecule has 2 aliphatic rings. The molecule has 1 aliphatic carbocycles. The highest BCUT2D eigenvalue weighted by Gasteiger charge is 2.28. The largest absolute Gasteiger partial charge is 0.491 e. The number of hydrogen-bond donors (Lipinski definition) is 1. The Labute approximate surface area is 126 Å². The van der Waals surface area contributed by atoms with Crippen LogP contribution < -0.4 is 15.4 Å². The molecule has 1 aliphatic heterocycles. The van der Waals surface area contributed by atoms with E-state index >= 15 is 0 Å². The molecular weight excluding hydrogens is 266 g/mol. The molecular formula is C15H25N5O. The summed E-state index contributed by atoms with van der Waals surface area (Å²) >= 11 is 0. The lowest BCUT2D eigenvalue weighted by Crippen LogP contribution is -2.45. The highest BCUT2D eigenvalue weighted by Crippen LogP contribution is 2.41. The number of piperazine rings is 1. The van der Waals surface area contributed by atoms with Crippen LogP contribution in [0.4, 0.5) is 11.8 Å². The molecule has 3 rings (SSSR count). The number of anilines is 2. The van der Waals surface area contributed by atoms with Crippen molar-refractivity contribution in [3.05, 3.63) is 5.69 Å². The van der Waals surface area contributed by atoms with Crippen LogP contribution in [0.25, 0.3) is 0 Å². The van der Waals surface area contributed by atoms with Crippen LogP contribution in [-0.2, 0) is 0 Å². The lowest BCUT2D eigenvalue weighted by Gasteiger charge is -2.34. The molecule has 6 nitrogen and oxygen atoms in total. The van der Waals surface area contributed by atoms with E-state index in [0.717, 1.165) is 43.4 Å². The predicted octanol–water partition coefficient (Wildman–Crippen LogP) is 1.48. The number of ether oxygens (including phenoxy) is 1. The van der Waals surface area contributed by atoms with E-state index in [4.69, 9.17) is 10.5 Å². The van der Waals surface area contributed by atoms with E-state index in [1.165, 1.54) is 25.7 Å². The Kier molecular flexibility index (Phi) is 4.14. The molecule has 0 spiro atoms. The fraction of sp³-hybridized carbons (Fsp3) is 0.733. The van der Waals surface area contributed by atoms with Crippen LogP contribution in [0.15, 0.2) is 0 Å². The molecule has 2 heterocycles. The van der Waals surface area contributed by atoms with E-state index in [9.17, 15) is 0 Å². The summed E-state index contributed by atoms with van der Waals surface area (Å²) in [6.07, 6.45) is 4.88. The lowest BCUT2D eigenvalue weighted by atomic mass is 10.0. The number of rotatable bonds is 3. The van der Waals surface area contributed by atoms with Gasteiger partial charge >= 0.3 is 0 Å². The molecule has 1 saturated heterocycles. The summed E-state index contributed by atoms with van der Waals surface area (Å²) in [4.78, 5) is 13.6. The second-order valence-electron chi connectivity index (χ2n) is 6.10. The average Bonchev–Trinajstić information content (AvgIpc) is 3.01. The van der Waals surface area contributed by atoms with Gasteiger partial charge in [-0.3, -0.25) is 0 Å². The van der Waals surface area contributed by atoms with Gasteiger partial charge < -0.3 is 20.3 Å². The Morgan fingerprint density at radius 1 is 1.10 bits per heavy atom. The van der Waals surface area contributed by atoms with Crippen LogP contribution in [0.1, 0.15) is 37.3 Å². The highest BCUT2D eigenvalue weighted by molar-refractivity contribution is 5.58. The van der Waals surface area contributed by atoms with Crippen LogP contribution in [0.2, 0.25) is 0 Å². The average molecular weight is 291 g/mol. The summed E-state index contributed by atoms with van der Waals surface area (Å²) in [5.41, 5.74) is 6.98. The van der Waals surface area contributed by atoms with E-state index in [2.05, 4.69) is 26.8 Å². The number of hydrogen-bond acceptors (Lipinski definition) is 6. The van der Waals surface area contributed by atoms with E-state index < -0.39 is 0 Å². The maximum absolute atomic E-state index is 5.97. The van der Waals surface area contributed by atoms with Gasteiger partial charge in [-0.15, -0.1) is 0 Å². The van der Waals surface area contributed by atoms with E-state index in [1.807, 2.05) is 0 Å². The molecule has 0 unspecified atom stereocenters. The Morgan fingerprint density at radius 3 is 2.38 bits per heavy atom. The minimum absolute atomic E-state index is 0.367. The molecule has 1 aromatic heterocycles. The first kappa shape index (κ1) is 14.4. The van der Waals surface area contributed by atoms with Crippen LogP contribution in [0.5, 0.6) is 5.75 Å². The Bertz CT molecular complexity index is 493. The fourth-order valence-electron chi connectivity index (χ4n) is 3.38. The summed E-state index contributed by atoms with van der Waals surface area (Å²) in [7, 11) is 3.86. The van der Waals surface area contributed by atoms with Gasteiger partial charge in [0.15, 0.2) is 11.6 Å². The van der Waals surface area contributed by atoms with Gasteiger partial charge in [-0.25, -0.2) is 4.98 Å². The fourth-order valence-corrected chi connectivity index (χ4v) is 3.38. The van der Waals surface area contributed by atoms with E-state index in [-0.39, 0.29) is 0 Å². The molecule has 116 valence electrons. The maximum Gasteiger partial charge on any atom is 0.222 e. The SMILES string of the molecule is COc1c(C2CCCC2)nc(N)nc1N1CCN(C)CC1. The molecule has 1 saturated carbocycles. The number of nitrogens with zero attached hydrogens (tertiary/aromatic N) is 4. The molecule has 0 radical (unpaired) electrons. The van der Waals surface area contributed by atoms with Gasteiger partial charge in [0.05, 0.1) is 12.8 Å². The van der Waals surface area contributed by atoms with Gasteiger partial charge in [0, 0.05) is 32.1 Å². The summed E-state index contributed by atoms with van der Waals surface area (Å²) < 4.78 is 5.69. The molecule has 0 bridgehead atoms. The van der Waals surface area contributed by atoms with Crippen LogP contribution in [-0.4, -0.2) is 55.2 Å². The normalized spacial score (nSPS) is 21.0. The van der Waals surface area contributed by atoms with Gasteiger partial charge in [0.25, 0.3) is 0 Å². The van der Waals surface area contributed by atoms with Crippen LogP contribution in [0.3, 0.4) is 0 Å². The molecule has 1 aromatic rings. The molecule has 2 N–H and O–H groups in total. The molecule has 21 heavy (non-hydrogen) atoms. The molecule has 0 aromatic carbocycles. The summed E-state index contributed by atoms with van der Waals surface area (Å²) in [5, 5.41) is 0. The monoisotopic (exact) mass is 291 g/mol. The third-order valence-electron chi connectivity index (χ3n) is 4.64. The van der Waals surface area contributed by atoms with Crippen molar-refractivity contribution >= 4 is 11.8 Å². The van der Waals surface area contributed by atoms with Crippen molar-refractivity contribution in [1.82, 2.24) is 14.9 Å². The number of likely N-dealkylation sites (N-methyl/N-ethyl adjacent to an activating group) is 1. The molecule has 0 amide bonds. The second-order valence-corrected chi connectivity index (χ2v) is 6.10. The van der Waals surface area contributed by atoms with Gasteiger partial charge in [-0.05, 0) is 19.9 Å². The van der Waals surface area contributed by atoms with Crippen molar-refractivity contribution in [2.75, 3.05) is 51.0 Å². The number of aromatic nitrogens is 2. The standard InChI is InChI=1S/C15H25N5O/c1-19-7-9-20(10-8-19)14-13(21-2)12(17-15(16)18-14)11-5-3-4-6-11/h11H,3-10H2,1-2H3,(H2,16,17,18). The van der Waals surface area contributed by atoms with Crippen molar-refractivity contribution in [2.45, 2.75) is 31.6 Å². The Hall–Kier alpha value is -1.56. The van der Waals surface area contributed by atoms with E-state index in [1.54, 1.807) is 7.11 Å². The Morgan fingerprint density at radius 2 is 1.76 bits per heavy atom. The number of nitrogen functional groups attached to an aromatic ring is 1. The van der Waals surface area contributed by atoms with Crippen molar-refractivity contribution in [3.8, 4) is 5.75 Å². The zero-order chi connectivity index (χ0) is 14.8. The Balaban J connectivity index is 1.95. The van der Waals surface area contributed by atoms with Crippen LogP contribution in [0, 0.1) is 0 Å². The first-order valence-electron chi connectivity index (χ1n) is 7.84. The van der Waals surface area contributed by atoms with E-state index in [0.29, 0.717) is 11.9 Å². The van der Waals surface area contributed by atoms with Gasteiger partial charge in [0.1, 0.15) is 0 Å². The van der Waals surface area contributed by atoms with Crippen LogP contribution >= 0.6 is 0 Å². The lowest BCUT2D eigenvalue weighted by molar-refractivity contribution is 0.309. The first-order chi connectivity index (χ1) is 10.2. The zero-order valence-electron chi connectivity index (χ0n) is 13.0. The van der Waals surface area contributed by atoms with Gasteiger partial charge in [0.2, 0.25) is 5.95 Å². The summed E-state index contributed by atoms with van der Waals surface area (Å²) in [6.45, 7) is 3.97. The van der Waals surface area contributed by atoms with Gasteiger partial charge in [-0.2, -0.15) is 4.98 Å². The third kappa shape index (κ3) is 2.90. The van der Waals surface area contributed by atoms with Crippen molar-refractivity contribution in [1.29, 1.82) is 0 Å². The minimum Gasteiger partial charge on any atom is -0.491 e. The summed E-state index contributed by atoms with van der Waals surface area (Å²) in [6, 6.07) is 0. The molecule has 6 heteroatoms. The number of nitrogens with two attached hydrogens (primary N) is 1. The highest BCUT2D eigenvalue weighted by atomic mass is 16.5. The third-order valence-corrected chi connectivity index (χ3v) is 4.64. The second kappa shape index (κ2) is 6.05.